The molecule has 0 aliphatic carbocycles. The van der Waals surface area contributed by atoms with Gasteiger partial charge < -0.3 is 4.57 Å². The first-order valence-corrected chi connectivity index (χ1v) is 6.59. The van der Waals surface area contributed by atoms with E-state index in [9.17, 15) is 0 Å². The molecule has 5 nitrogen and oxygen atoms in total. The van der Waals surface area contributed by atoms with Crippen molar-refractivity contribution in [2.24, 2.45) is 7.05 Å². The molecular weight excluding hydrogens is 238 g/mol. The van der Waals surface area contributed by atoms with Gasteiger partial charge in [0.2, 0.25) is 0 Å². The highest BCUT2D eigenvalue weighted by Gasteiger charge is 2.23. The molecule has 0 fully saturated rings. The zero-order chi connectivity index (χ0) is 13.0. The highest BCUT2D eigenvalue weighted by molar-refractivity contribution is 5.76. The monoisotopic (exact) mass is 253 g/mol. The van der Waals surface area contributed by atoms with E-state index in [1.807, 2.05) is 25.5 Å². The minimum Gasteiger partial charge on any atom is -0.310 e. The van der Waals surface area contributed by atoms with Crippen LogP contribution in [-0.4, -0.2) is 24.3 Å². The smallest absolute Gasteiger partial charge is 0.160 e. The predicted molar refractivity (Wildman–Crippen MR) is 72.8 cm³/mol. The van der Waals surface area contributed by atoms with Gasteiger partial charge in [0.15, 0.2) is 5.65 Å². The lowest BCUT2D eigenvalue weighted by molar-refractivity contribution is 0.592. The number of fused-ring (bicyclic) bond motifs is 3. The van der Waals surface area contributed by atoms with Crippen molar-refractivity contribution >= 4 is 11.2 Å². The Bertz CT molecular complexity index is 767. The van der Waals surface area contributed by atoms with Crippen molar-refractivity contribution in [1.29, 1.82) is 0 Å². The molecule has 1 unspecified atom stereocenters. The Hall–Kier alpha value is -2.17. The Morgan fingerprint density at radius 1 is 1.26 bits per heavy atom. The second-order valence-corrected chi connectivity index (χ2v) is 5.23. The van der Waals surface area contributed by atoms with Gasteiger partial charge in [0.1, 0.15) is 11.3 Å². The average molecular weight is 253 g/mol. The van der Waals surface area contributed by atoms with Crippen LogP contribution in [0.3, 0.4) is 0 Å². The summed E-state index contributed by atoms with van der Waals surface area (Å²) in [5.74, 6) is 1.17. The maximum absolute atomic E-state index is 4.79. The summed E-state index contributed by atoms with van der Waals surface area (Å²) in [6.45, 7) is 2.23. The van der Waals surface area contributed by atoms with Gasteiger partial charge >= 0.3 is 0 Å². The highest BCUT2D eigenvalue weighted by Crippen LogP contribution is 2.30. The molecule has 0 amide bonds. The lowest BCUT2D eigenvalue weighted by atomic mass is 10.2. The van der Waals surface area contributed by atoms with Gasteiger partial charge in [0, 0.05) is 31.3 Å². The van der Waals surface area contributed by atoms with Crippen LogP contribution in [0.25, 0.3) is 22.4 Å². The van der Waals surface area contributed by atoms with Crippen LogP contribution >= 0.6 is 0 Å². The van der Waals surface area contributed by atoms with E-state index < -0.39 is 0 Å². The molecule has 4 rings (SSSR count). The lowest BCUT2D eigenvalue weighted by Gasteiger charge is -2.07. The Morgan fingerprint density at radius 3 is 2.95 bits per heavy atom. The Kier molecular flexibility index (Phi) is 2.07. The maximum Gasteiger partial charge on any atom is 0.160 e. The summed E-state index contributed by atoms with van der Waals surface area (Å²) >= 11 is 0. The zero-order valence-electron chi connectivity index (χ0n) is 11.0. The predicted octanol–water partition coefficient (Wildman–Crippen LogP) is 2.34. The standard InChI is InChI=1S/C14H15N5/c1-9-3-6-13-16-12-5-4-11(17-14(12)19(9)13)10-7-15-18(2)8-10/h4-5,7-9H,3,6H2,1-2H3. The quantitative estimate of drug-likeness (QED) is 0.668. The van der Waals surface area contributed by atoms with Gasteiger partial charge in [-0.2, -0.15) is 5.10 Å². The van der Waals surface area contributed by atoms with Crippen molar-refractivity contribution < 1.29 is 0 Å². The molecule has 0 aromatic carbocycles. The average Bonchev–Trinajstić information content (AvgIpc) is 3.06. The van der Waals surface area contributed by atoms with Crippen LogP contribution in [0.2, 0.25) is 0 Å². The molecule has 4 heterocycles. The van der Waals surface area contributed by atoms with Gasteiger partial charge in [0.05, 0.1) is 11.9 Å². The summed E-state index contributed by atoms with van der Waals surface area (Å²) in [4.78, 5) is 9.45. The zero-order valence-corrected chi connectivity index (χ0v) is 11.0. The molecule has 1 aliphatic rings. The highest BCUT2D eigenvalue weighted by atomic mass is 15.2. The van der Waals surface area contributed by atoms with Gasteiger partial charge in [-0.3, -0.25) is 4.68 Å². The Balaban J connectivity index is 1.93. The number of aromatic nitrogens is 5. The van der Waals surface area contributed by atoms with Gasteiger partial charge in [-0.15, -0.1) is 0 Å². The Morgan fingerprint density at radius 2 is 2.16 bits per heavy atom. The van der Waals surface area contributed by atoms with Crippen molar-refractivity contribution in [2.45, 2.75) is 25.8 Å². The van der Waals surface area contributed by atoms with E-state index in [-0.39, 0.29) is 0 Å². The van der Waals surface area contributed by atoms with Crippen LogP contribution in [0.1, 0.15) is 25.2 Å². The molecule has 0 N–H and O–H groups in total. The molecule has 96 valence electrons. The summed E-state index contributed by atoms with van der Waals surface area (Å²) in [6.07, 6.45) is 6.05. The topological polar surface area (TPSA) is 48.5 Å². The summed E-state index contributed by atoms with van der Waals surface area (Å²) < 4.78 is 4.07. The number of aryl methyl sites for hydroxylation is 2. The van der Waals surface area contributed by atoms with Crippen LogP contribution in [0, 0.1) is 0 Å². The molecule has 0 radical (unpaired) electrons. The number of pyridine rings is 1. The Labute approximate surface area is 110 Å². The molecular formula is C14H15N5. The molecule has 3 aromatic rings. The van der Waals surface area contributed by atoms with Crippen LogP contribution in [-0.2, 0) is 13.5 Å². The summed E-state index contributed by atoms with van der Waals surface area (Å²) in [6, 6.07) is 4.58. The second-order valence-electron chi connectivity index (χ2n) is 5.23. The second kappa shape index (κ2) is 3.66. The van der Waals surface area contributed by atoms with Crippen molar-refractivity contribution in [2.75, 3.05) is 0 Å². The van der Waals surface area contributed by atoms with Crippen molar-refractivity contribution in [3.8, 4) is 11.3 Å². The largest absolute Gasteiger partial charge is 0.310 e. The summed E-state index contributed by atoms with van der Waals surface area (Å²) in [7, 11) is 1.92. The van der Waals surface area contributed by atoms with Crippen LogP contribution in [0.5, 0.6) is 0 Å². The lowest BCUT2D eigenvalue weighted by Crippen LogP contribution is -2.00. The van der Waals surface area contributed by atoms with Gasteiger partial charge in [-0.25, -0.2) is 9.97 Å². The molecule has 0 spiro atoms. The molecule has 0 bridgehead atoms. The molecule has 5 heteroatoms. The first-order chi connectivity index (χ1) is 9.22. The minimum absolute atomic E-state index is 0.497. The van der Waals surface area contributed by atoms with Crippen LogP contribution < -0.4 is 0 Å². The fourth-order valence-corrected chi connectivity index (χ4v) is 2.84. The number of rotatable bonds is 1. The van der Waals surface area contributed by atoms with E-state index in [1.165, 1.54) is 5.82 Å². The third-order valence-electron chi connectivity index (χ3n) is 3.84. The van der Waals surface area contributed by atoms with E-state index in [0.717, 1.165) is 35.3 Å². The van der Waals surface area contributed by atoms with Gasteiger partial charge in [-0.1, -0.05) is 0 Å². The van der Waals surface area contributed by atoms with Crippen molar-refractivity contribution in [1.82, 2.24) is 24.3 Å². The third-order valence-corrected chi connectivity index (χ3v) is 3.84. The van der Waals surface area contributed by atoms with Crippen LogP contribution in [0.15, 0.2) is 24.5 Å². The van der Waals surface area contributed by atoms with E-state index in [0.29, 0.717) is 6.04 Å². The number of nitrogens with zero attached hydrogens (tertiary/aromatic N) is 5. The third kappa shape index (κ3) is 1.51. The van der Waals surface area contributed by atoms with E-state index >= 15 is 0 Å². The molecule has 1 aliphatic heterocycles. The van der Waals surface area contributed by atoms with Gasteiger partial charge in [0.25, 0.3) is 0 Å². The maximum atomic E-state index is 4.79. The molecule has 19 heavy (non-hydrogen) atoms. The first kappa shape index (κ1) is 10.7. The molecule has 3 aromatic heterocycles. The normalized spacial score (nSPS) is 18.1. The SMILES string of the molecule is CC1CCc2nc3ccc(-c4cnn(C)c4)nc3n21. The van der Waals surface area contributed by atoms with Crippen molar-refractivity contribution in [3.05, 3.63) is 30.4 Å². The van der Waals surface area contributed by atoms with Gasteiger partial charge in [-0.05, 0) is 25.5 Å². The number of imidazole rings is 1. The minimum atomic E-state index is 0.497. The molecule has 0 saturated carbocycles. The van der Waals surface area contributed by atoms with E-state index in [4.69, 9.17) is 4.98 Å². The van der Waals surface area contributed by atoms with Crippen molar-refractivity contribution in [3.63, 3.8) is 0 Å². The fourth-order valence-electron chi connectivity index (χ4n) is 2.84. The van der Waals surface area contributed by atoms with E-state index in [1.54, 1.807) is 4.68 Å². The molecule has 1 atom stereocenters. The number of hydrogen-bond acceptors (Lipinski definition) is 3. The molecule has 0 saturated heterocycles. The first-order valence-electron chi connectivity index (χ1n) is 6.59. The summed E-state index contributed by atoms with van der Waals surface area (Å²) in [5, 5.41) is 4.20. The fraction of sp³-hybridized carbons (Fsp3) is 0.357. The number of hydrogen-bond donors (Lipinski definition) is 0. The van der Waals surface area contributed by atoms with Crippen LogP contribution in [0.4, 0.5) is 0 Å². The summed E-state index contributed by atoms with van der Waals surface area (Å²) in [5.41, 5.74) is 4.00. The van der Waals surface area contributed by atoms with E-state index in [2.05, 4.69) is 27.6 Å².